The van der Waals surface area contributed by atoms with Crippen LogP contribution in [0.2, 0.25) is 0 Å². The number of carboxylic acids is 1. The molecule has 2 atom stereocenters. The molecule has 2 rings (SSSR count). The fraction of sp³-hybridized carbons (Fsp3) is 0.529. The molecular weight excluding hydrogens is 312 g/mol. The van der Waals surface area contributed by atoms with E-state index in [4.69, 9.17) is 14.6 Å². The molecule has 7 nitrogen and oxygen atoms in total. The number of hydrogen-bond acceptors (Lipinski definition) is 5. The molecule has 0 aliphatic carbocycles. The summed E-state index contributed by atoms with van der Waals surface area (Å²) in [5.41, 5.74) is 0. The standard InChI is InChI=1S/C17H24N2O5/c1-3-8-19(10-16(20)21)12(2)17(22)18-9-13-11-23-14-6-4-5-7-15(14)24-13/h4-7,12-13H,3,8-11H2,1-2H3,(H,18,22)(H,20,21). The number of nitrogens with zero attached hydrogens (tertiary/aromatic N) is 1. The predicted octanol–water partition coefficient (Wildman–Crippen LogP) is 1.13. The van der Waals surface area contributed by atoms with Crippen LogP contribution in [0.5, 0.6) is 11.5 Å². The molecule has 1 aromatic carbocycles. The zero-order chi connectivity index (χ0) is 17.5. The van der Waals surface area contributed by atoms with E-state index in [1.807, 2.05) is 31.2 Å². The summed E-state index contributed by atoms with van der Waals surface area (Å²) >= 11 is 0. The highest BCUT2D eigenvalue weighted by molar-refractivity contribution is 5.82. The van der Waals surface area contributed by atoms with Crippen LogP contribution in [0.15, 0.2) is 24.3 Å². The SMILES string of the molecule is CCCN(CC(=O)O)C(C)C(=O)NCC1COc2ccccc2O1. The van der Waals surface area contributed by atoms with Crippen LogP contribution in [-0.4, -0.2) is 60.3 Å². The van der Waals surface area contributed by atoms with E-state index < -0.39 is 12.0 Å². The maximum absolute atomic E-state index is 12.3. The van der Waals surface area contributed by atoms with Gasteiger partial charge in [-0.3, -0.25) is 14.5 Å². The number of fused-ring (bicyclic) bond motifs is 1. The van der Waals surface area contributed by atoms with Crippen molar-refractivity contribution in [2.45, 2.75) is 32.4 Å². The number of amides is 1. The Labute approximate surface area is 141 Å². The number of carbonyl (C=O) groups is 2. The number of aliphatic carboxylic acids is 1. The third-order valence-electron chi connectivity index (χ3n) is 3.85. The molecule has 0 saturated carbocycles. The van der Waals surface area contributed by atoms with Gasteiger partial charge in [0.15, 0.2) is 11.5 Å². The van der Waals surface area contributed by atoms with Crippen molar-refractivity contribution < 1.29 is 24.2 Å². The van der Waals surface area contributed by atoms with Crippen molar-refractivity contribution in [2.24, 2.45) is 0 Å². The van der Waals surface area contributed by atoms with Gasteiger partial charge in [-0.1, -0.05) is 19.1 Å². The fourth-order valence-electron chi connectivity index (χ4n) is 2.56. The first kappa shape index (κ1) is 18.1. The van der Waals surface area contributed by atoms with Gasteiger partial charge >= 0.3 is 5.97 Å². The van der Waals surface area contributed by atoms with Gasteiger partial charge in [0.1, 0.15) is 12.7 Å². The number of hydrogen-bond donors (Lipinski definition) is 2. The van der Waals surface area contributed by atoms with Crippen LogP contribution in [0.1, 0.15) is 20.3 Å². The van der Waals surface area contributed by atoms with Gasteiger partial charge in [0, 0.05) is 0 Å². The number of carbonyl (C=O) groups excluding carboxylic acids is 1. The maximum atomic E-state index is 12.3. The van der Waals surface area contributed by atoms with Gasteiger partial charge < -0.3 is 19.9 Å². The normalized spacial score (nSPS) is 17.4. The van der Waals surface area contributed by atoms with Crippen molar-refractivity contribution in [1.29, 1.82) is 0 Å². The minimum Gasteiger partial charge on any atom is -0.486 e. The highest BCUT2D eigenvalue weighted by atomic mass is 16.6. The van der Waals surface area contributed by atoms with Crippen LogP contribution in [0.25, 0.3) is 0 Å². The minimum absolute atomic E-state index is 0.154. The van der Waals surface area contributed by atoms with E-state index in [1.165, 1.54) is 0 Å². The zero-order valence-electron chi connectivity index (χ0n) is 14.0. The molecule has 0 fully saturated rings. The summed E-state index contributed by atoms with van der Waals surface area (Å²) in [6.45, 7) is 4.73. The first-order valence-corrected chi connectivity index (χ1v) is 8.13. The summed E-state index contributed by atoms with van der Waals surface area (Å²) in [4.78, 5) is 24.9. The lowest BCUT2D eigenvalue weighted by Crippen LogP contribution is -2.50. The quantitative estimate of drug-likeness (QED) is 0.740. The van der Waals surface area contributed by atoms with Crippen LogP contribution in [0, 0.1) is 0 Å². The van der Waals surface area contributed by atoms with E-state index in [9.17, 15) is 9.59 Å². The second-order valence-corrected chi connectivity index (χ2v) is 5.78. The molecule has 0 spiro atoms. The van der Waals surface area contributed by atoms with Crippen molar-refractivity contribution in [2.75, 3.05) is 26.2 Å². The smallest absolute Gasteiger partial charge is 0.317 e. The first-order chi connectivity index (χ1) is 11.5. The monoisotopic (exact) mass is 336 g/mol. The zero-order valence-corrected chi connectivity index (χ0v) is 14.0. The summed E-state index contributed by atoms with van der Waals surface area (Å²) in [5.74, 6) is 0.203. The third-order valence-corrected chi connectivity index (χ3v) is 3.85. The van der Waals surface area contributed by atoms with Gasteiger partial charge in [-0.2, -0.15) is 0 Å². The number of nitrogens with one attached hydrogen (secondary N) is 1. The number of benzene rings is 1. The lowest BCUT2D eigenvalue weighted by Gasteiger charge is -2.29. The molecule has 0 saturated heterocycles. The molecule has 1 aliphatic heterocycles. The Morgan fingerprint density at radius 3 is 2.75 bits per heavy atom. The summed E-state index contributed by atoms with van der Waals surface area (Å²) in [5, 5.41) is 11.8. The van der Waals surface area contributed by atoms with Crippen molar-refractivity contribution in [1.82, 2.24) is 10.2 Å². The van der Waals surface area contributed by atoms with E-state index in [2.05, 4.69) is 5.32 Å². The molecule has 1 aliphatic rings. The van der Waals surface area contributed by atoms with Crippen LogP contribution < -0.4 is 14.8 Å². The molecule has 24 heavy (non-hydrogen) atoms. The fourth-order valence-corrected chi connectivity index (χ4v) is 2.56. The Kier molecular flexibility index (Phi) is 6.43. The third kappa shape index (κ3) is 4.86. The first-order valence-electron chi connectivity index (χ1n) is 8.13. The van der Waals surface area contributed by atoms with E-state index in [0.717, 1.165) is 6.42 Å². The summed E-state index contributed by atoms with van der Waals surface area (Å²) in [6, 6.07) is 6.87. The van der Waals surface area contributed by atoms with E-state index in [0.29, 0.717) is 31.2 Å². The Morgan fingerprint density at radius 2 is 2.08 bits per heavy atom. The van der Waals surface area contributed by atoms with Crippen LogP contribution >= 0.6 is 0 Å². The van der Waals surface area contributed by atoms with Gasteiger partial charge in [0.25, 0.3) is 0 Å². The molecule has 0 radical (unpaired) electrons. The summed E-state index contributed by atoms with van der Waals surface area (Å²) < 4.78 is 11.4. The molecule has 0 bridgehead atoms. The van der Waals surface area contributed by atoms with Crippen LogP contribution in [0.4, 0.5) is 0 Å². The number of rotatable bonds is 8. The summed E-state index contributed by atoms with van der Waals surface area (Å²) in [6.07, 6.45) is 0.511. The average molecular weight is 336 g/mol. The lowest BCUT2D eigenvalue weighted by atomic mass is 10.2. The molecule has 1 aromatic rings. The van der Waals surface area contributed by atoms with Crippen molar-refractivity contribution in [3.63, 3.8) is 0 Å². The second kappa shape index (κ2) is 8.54. The minimum atomic E-state index is -0.941. The Hall–Kier alpha value is -2.28. The maximum Gasteiger partial charge on any atom is 0.317 e. The van der Waals surface area contributed by atoms with E-state index in [-0.39, 0.29) is 18.6 Å². The molecule has 1 heterocycles. The Bertz CT molecular complexity index is 578. The van der Waals surface area contributed by atoms with Crippen LogP contribution in [-0.2, 0) is 9.59 Å². The molecule has 1 amide bonds. The van der Waals surface area contributed by atoms with Gasteiger partial charge in [-0.25, -0.2) is 0 Å². The molecule has 132 valence electrons. The highest BCUT2D eigenvalue weighted by Crippen LogP contribution is 2.30. The van der Waals surface area contributed by atoms with Crippen molar-refractivity contribution in [3.8, 4) is 11.5 Å². The number of para-hydroxylation sites is 2. The lowest BCUT2D eigenvalue weighted by molar-refractivity contribution is -0.139. The molecule has 2 N–H and O–H groups in total. The molecule has 7 heteroatoms. The van der Waals surface area contributed by atoms with Crippen LogP contribution in [0.3, 0.4) is 0 Å². The molecular formula is C17H24N2O5. The van der Waals surface area contributed by atoms with E-state index in [1.54, 1.807) is 11.8 Å². The predicted molar refractivity (Wildman–Crippen MR) is 88.3 cm³/mol. The molecule has 0 aromatic heterocycles. The van der Waals surface area contributed by atoms with Crippen molar-refractivity contribution in [3.05, 3.63) is 24.3 Å². The number of ether oxygens (including phenoxy) is 2. The largest absolute Gasteiger partial charge is 0.486 e. The van der Waals surface area contributed by atoms with Gasteiger partial charge in [0.2, 0.25) is 5.91 Å². The van der Waals surface area contributed by atoms with Gasteiger partial charge in [-0.15, -0.1) is 0 Å². The van der Waals surface area contributed by atoms with Gasteiger partial charge in [-0.05, 0) is 32.0 Å². The Balaban J connectivity index is 1.85. The molecule has 2 unspecified atom stereocenters. The average Bonchev–Trinajstić information content (AvgIpc) is 2.58. The van der Waals surface area contributed by atoms with Crippen molar-refractivity contribution >= 4 is 11.9 Å². The van der Waals surface area contributed by atoms with E-state index >= 15 is 0 Å². The second-order valence-electron chi connectivity index (χ2n) is 5.78. The summed E-state index contributed by atoms with van der Waals surface area (Å²) in [7, 11) is 0. The van der Waals surface area contributed by atoms with Gasteiger partial charge in [0.05, 0.1) is 19.1 Å². The Morgan fingerprint density at radius 1 is 1.38 bits per heavy atom. The topological polar surface area (TPSA) is 88.1 Å². The highest BCUT2D eigenvalue weighted by Gasteiger charge is 2.25. The number of carboxylic acid groups (broad SMARTS) is 1.